The maximum absolute atomic E-state index is 12.8. The minimum atomic E-state index is -1.07. The van der Waals surface area contributed by atoms with Crippen LogP contribution in [0.5, 0.6) is 5.75 Å². The van der Waals surface area contributed by atoms with Gasteiger partial charge in [0.1, 0.15) is 5.75 Å². The van der Waals surface area contributed by atoms with Gasteiger partial charge in [-0.3, -0.25) is 9.36 Å². The number of unbranched alkanes of at least 4 members (excludes halogenated alkanes) is 5. The molecule has 2 aromatic rings. The lowest BCUT2D eigenvalue weighted by molar-refractivity contribution is -0.158. The molecule has 0 aliphatic rings. The van der Waals surface area contributed by atoms with E-state index in [0.717, 1.165) is 31.2 Å². The van der Waals surface area contributed by atoms with E-state index in [9.17, 15) is 14.4 Å². The molecule has 0 radical (unpaired) electrons. The molecule has 0 spiro atoms. The van der Waals surface area contributed by atoms with E-state index in [1.165, 1.54) is 28.5 Å². The standard InChI is InChI=1S/C26H38BrN3O5/c1-5-7-8-9-10-11-18-29-23(31)22(27)28-30(25(29)33)19-12-13-20-14-16-21(17-15-20)35-26(3,4)24(32)34-6-2/h14-17H,5-13,18-19H2,1-4H3. The summed E-state index contributed by atoms with van der Waals surface area (Å²) in [7, 11) is 0. The summed E-state index contributed by atoms with van der Waals surface area (Å²) in [6.45, 7) is 8.40. The molecule has 194 valence electrons. The number of aryl methyl sites for hydroxylation is 2. The van der Waals surface area contributed by atoms with E-state index < -0.39 is 11.6 Å². The maximum Gasteiger partial charge on any atom is 0.349 e. The molecule has 0 aliphatic heterocycles. The minimum Gasteiger partial charge on any atom is -0.476 e. The van der Waals surface area contributed by atoms with Crippen LogP contribution in [0.2, 0.25) is 0 Å². The summed E-state index contributed by atoms with van der Waals surface area (Å²) in [5.74, 6) is 0.168. The SMILES string of the molecule is CCCCCCCCn1c(=O)c(Br)nn(CCCc2ccc(OC(C)(C)C(=O)OCC)cc2)c1=O. The van der Waals surface area contributed by atoms with Crippen molar-refractivity contribution < 1.29 is 14.3 Å². The second kappa shape index (κ2) is 14.2. The average molecular weight is 553 g/mol. The second-order valence-electron chi connectivity index (χ2n) is 9.10. The Labute approximate surface area is 215 Å². The summed E-state index contributed by atoms with van der Waals surface area (Å²) in [6.07, 6.45) is 7.92. The van der Waals surface area contributed by atoms with Crippen molar-refractivity contribution in [2.45, 2.75) is 97.8 Å². The van der Waals surface area contributed by atoms with E-state index in [1.54, 1.807) is 20.8 Å². The Morgan fingerprint density at radius 1 is 0.971 bits per heavy atom. The normalized spacial score (nSPS) is 11.5. The van der Waals surface area contributed by atoms with Gasteiger partial charge in [0, 0.05) is 13.1 Å². The molecule has 2 rings (SSSR count). The molecule has 0 N–H and O–H groups in total. The van der Waals surface area contributed by atoms with Crippen molar-refractivity contribution in [2.75, 3.05) is 6.61 Å². The molecule has 0 saturated carbocycles. The lowest BCUT2D eigenvalue weighted by Crippen LogP contribution is -2.42. The number of nitrogens with zero attached hydrogens (tertiary/aromatic N) is 3. The molecule has 1 aromatic carbocycles. The molecule has 0 fully saturated rings. The van der Waals surface area contributed by atoms with Crippen LogP contribution >= 0.6 is 15.9 Å². The van der Waals surface area contributed by atoms with Crippen molar-refractivity contribution in [3.05, 3.63) is 55.3 Å². The van der Waals surface area contributed by atoms with Crippen LogP contribution in [0.4, 0.5) is 0 Å². The van der Waals surface area contributed by atoms with Gasteiger partial charge in [-0.1, -0.05) is 51.2 Å². The van der Waals surface area contributed by atoms with E-state index in [1.807, 2.05) is 24.3 Å². The van der Waals surface area contributed by atoms with Gasteiger partial charge in [0.2, 0.25) is 0 Å². The molecule has 9 heteroatoms. The predicted octanol–water partition coefficient (Wildman–Crippen LogP) is 4.88. The smallest absolute Gasteiger partial charge is 0.349 e. The number of hydrogen-bond donors (Lipinski definition) is 0. The molecule has 0 atom stereocenters. The van der Waals surface area contributed by atoms with Crippen molar-refractivity contribution in [1.29, 1.82) is 0 Å². The van der Waals surface area contributed by atoms with Gasteiger partial charge in [0.05, 0.1) is 6.61 Å². The molecule has 8 nitrogen and oxygen atoms in total. The molecule has 1 heterocycles. The predicted molar refractivity (Wildman–Crippen MR) is 140 cm³/mol. The fourth-order valence-corrected chi connectivity index (χ4v) is 4.13. The zero-order valence-corrected chi connectivity index (χ0v) is 22.9. The first-order valence-electron chi connectivity index (χ1n) is 12.5. The largest absolute Gasteiger partial charge is 0.476 e. The van der Waals surface area contributed by atoms with Crippen molar-refractivity contribution in [1.82, 2.24) is 14.3 Å². The van der Waals surface area contributed by atoms with Crippen LogP contribution in [0.1, 0.15) is 78.2 Å². The highest BCUT2D eigenvalue weighted by Crippen LogP contribution is 2.21. The number of rotatable bonds is 15. The molecular formula is C26H38BrN3O5. The van der Waals surface area contributed by atoms with E-state index in [2.05, 4.69) is 28.0 Å². The maximum atomic E-state index is 12.8. The van der Waals surface area contributed by atoms with Crippen molar-refractivity contribution in [2.24, 2.45) is 0 Å². The Bertz CT molecular complexity index is 1060. The summed E-state index contributed by atoms with van der Waals surface area (Å²) in [5.41, 5.74) is -0.743. The quantitative estimate of drug-likeness (QED) is 0.231. The highest BCUT2D eigenvalue weighted by Gasteiger charge is 2.31. The van der Waals surface area contributed by atoms with Crippen LogP contribution in [-0.4, -0.2) is 32.5 Å². The molecule has 0 amide bonds. The first-order valence-corrected chi connectivity index (χ1v) is 13.3. The lowest BCUT2D eigenvalue weighted by atomic mass is 10.1. The Kier molecular flexibility index (Phi) is 11.7. The van der Waals surface area contributed by atoms with Gasteiger partial charge < -0.3 is 9.47 Å². The van der Waals surface area contributed by atoms with Gasteiger partial charge in [0.25, 0.3) is 5.56 Å². The summed E-state index contributed by atoms with van der Waals surface area (Å²) in [4.78, 5) is 37.2. The fraction of sp³-hybridized carbons (Fsp3) is 0.615. The lowest BCUT2D eigenvalue weighted by Gasteiger charge is -2.24. The Hall–Kier alpha value is -2.42. The van der Waals surface area contributed by atoms with Gasteiger partial charge in [-0.05, 0) is 73.7 Å². The van der Waals surface area contributed by atoms with Crippen LogP contribution in [0, 0.1) is 0 Å². The third kappa shape index (κ3) is 8.94. The molecule has 0 bridgehead atoms. The first-order chi connectivity index (χ1) is 16.7. The summed E-state index contributed by atoms with van der Waals surface area (Å²) < 4.78 is 13.7. The second-order valence-corrected chi connectivity index (χ2v) is 9.85. The van der Waals surface area contributed by atoms with Gasteiger partial charge in [-0.15, -0.1) is 0 Å². The van der Waals surface area contributed by atoms with Gasteiger partial charge >= 0.3 is 11.7 Å². The topological polar surface area (TPSA) is 92.4 Å². The summed E-state index contributed by atoms with van der Waals surface area (Å²) >= 11 is 3.21. The number of halogens is 1. The number of carbonyl (C=O) groups is 1. The van der Waals surface area contributed by atoms with Gasteiger partial charge in [-0.25, -0.2) is 14.3 Å². The number of carbonyl (C=O) groups excluding carboxylic acids is 1. The Balaban J connectivity index is 1.93. The highest BCUT2D eigenvalue weighted by atomic mass is 79.9. The molecule has 1 aromatic heterocycles. The van der Waals surface area contributed by atoms with Crippen LogP contribution in [0.15, 0.2) is 38.5 Å². The van der Waals surface area contributed by atoms with Crippen molar-refractivity contribution in [3.8, 4) is 5.75 Å². The molecular weight excluding hydrogens is 514 g/mol. The van der Waals surface area contributed by atoms with Crippen molar-refractivity contribution in [3.63, 3.8) is 0 Å². The van der Waals surface area contributed by atoms with Gasteiger partial charge in [0.15, 0.2) is 10.2 Å². The summed E-state index contributed by atoms with van der Waals surface area (Å²) in [5, 5.41) is 4.14. The third-order valence-corrected chi connectivity index (χ3v) is 6.21. The van der Waals surface area contributed by atoms with Crippen LogP contribution in [-0.2, 0) is 29.0 Å². The molecule has 0 aliphatic carbocycles. The minimum absolute atomic E-state index is 0.161. The Morgan fingerprint density at radius 2 is 1.63 bits per heavy atom. The zero-order chi connectivity index (χ0) is 25.8. The number of aromatic nitrogens is 3. The monoisotopic (exact) mass is 551 g/mol. The Morgan fingerprint density at radius 3 is 2.29 bits per heavy atom. The number of esters is 1. The zero-order valence-electron chi connectivity index (χ0n) is 21.3. The fourth-order valence-electron chi connectivity index (χ4n) is 3.72. The van der Waals surface area contributed by atoms with Crippen LogP contribution in [0.25, 0.3) is 0 Å². The molecule has 0 saturated heterocycles. The highest BCUT2D eigenvalue weighted by molar-refractivity contribution is 9.10. The summed E-state index contributed by atoms with van der Waals surface area (Å²) in [6, 6.07) is 7.50. The average Bonchev–Trinajstić information content (AvgIpc) is 2.82. The van der Waals surface area contributed by atoms with E-state index in [-0.39, 0.29) is 15.9 Å². The van der Waals surface area contributed by atoms with Crippen molar-refractivity contribution >= 4 is 21.9 Å². The third-order valence-electron chi connectivity index (χ3n) is 5.72. The van der Waals surface area contributed by atoms with E-state index >= 15 is 0 Å². The molecule has 35 heavy (non-hydrogen) atoms. The molecule has 0 unspecified atom stereocenters. The number of hydrogen-bond acceptors (Lipinski definition) is 6. The van der Waals surface area contributed by atoms with Crippen LogP contribution < -0.4 is 16.0 Å². The first kappa shape index (κ1) is 28.8. The van der Waals surface area contributed by atoms with Crippen LogP contribution in [0.3, 0.4) is 0 Å². The number of benzene rings is 1. The number of ether oxygens (including phenoxy) is 2. The van der Waals surface area contributed by atoms with E-state index in [0.29, 0.717) is 31.9 Å². The van der Waals surface area contributed by atoms with Gasteiger partial charge in [-0.2, -0.15) is 5.10 Å². The van der Waals surface area contributed by atoms with E-state index in [4.69, 9.17) is 9.47 Å².